The Morgan fingerprint density at radius 1 is 1.06 bits per heavy atom. The second-order valence-electron chi connectivity index (χ2n) is 8.59. The lowest BCUT2D eigenvalue weighted by Gasteiger charge is -2.28. The first-order valence-corrected chi connectivity index (χ1v) is 12.9. The molecule has 0 atom stereocenters. The highest BCUT2D eigenvalue weighted by Crippen LogP contribution is 2.29. The second kappa shape index (κ2) is 11.5. The molecule has 0 radical (unpaired) electrons. The van der Waals surface area contributed by atoms with E-state index in [9.17, 15) is 4.79 Å². The zero-order valence-corrected chi connectivity index (χ0v) is 21.1. The maximum absolute atomic E-state index is 13.2. The van der Waals surface area contributed by atoms with Crippen LogP contribution in [0, 0.1) is 13.8 Å². The molecular formula is C26H33N5O2S. The van der Waals surface area contributed by atoms with Gasteiger partial charge in [-0.15, -0.1) is 10.2 Å². The van der Waals surface area contributed by atoms with Gasteiger partial charge < -0.3 is 14.5 Å². The molecule has 8 heteroatoms. The molecule has 4 rings (SSSR count). The third-order valence-electron chi connectivity index (χ3n) is 5.93. The van der Waals surface area contributed by atoms with E-state index < -0.39 is 0 Å². The van der Waals surface area contributed by atoms with Crippen LogP contribution in [-0.4, -0.2) is 64.2 Å². The number of amides is 1. The topological polar surface area (TPSA) is 63.5 Å². The molecule has 1 aromatic heterocycles. The Hall–Kier alpha value is -2.84. The molecule has 0 saturated carbocycles. The minimum absolute atomic E-state index is 0.111. The maximum atomic E-state index is 13.2. The summed E-state index contributed by atoms with van der Waals surface area (Å²) in [6.45, 7) is 10.5. The molecule has 0 aliphatic carbocycles. The fourth-order valence-corrected chi connectivity index (χ4v) is 4.89. The fraction of sp³-hybridized carbons (Fsp3) is 0.423. The lowest BCUT2D eigenvalue weighted by atomic mass is 10.1. The first-order valence-electron chi connectivity index (χ1n) is 11.9. The number of hydrogen-bond acceptors (Lipinski definition) is 6. The molecule has 1 saturated heterocycles. The number of para-hydroxylation sites is 1. The molecule has 0 bridgehead atoms. The van der Waals surface area contributed by atoms with Gasteiger partial charge in [0.15, 0.2) is 5.16 Å². The summed E-state index contributed by atoms with van der Waals surface area (Å²) in [5, 5.41) is 9.76. The molecule has 34 heavy (non-hydrogen) atoms. The number of aromatic nitrogens is 3. The fourth-order valence-electron chi connectivity index (χ4n) is 4.04. The summed E-state index contributed by atoms with van der Waals surface area (Å²) in [5.41, 5.74) is 4.54. The Bertz CT molecular complexity index is 1090. The first kappa shape index (κ1) is 24.3. The van der Waals surface area contributed by atoms with Crippen molar-refractivity contribution in [1.29, 1.82) is 0 Å². The van der Waals surface area contributed by atoms with Crippen molar-refractivity contribution in [3.8, 4) is 5.69 Å². The Kier molecular flexibility index (Phi) is 8.24. The predicted octanol–water partition coefficient (Wildman–Crippen LogP) is 4.25. The molecule has 0 unspecified atom stereocenters. The van der Waals surface area contributed by atoms with E-state index >= 15 is 0 Å². The quantitative estimate of drug-likeness (QED) is 0.428. The van der Waals surface area contributed by atoms with E-state index in [1.807, 2.05) is 17.0 Å². The Morgan fingerprint density at radius 2 is 1.79 bits per heavy atom. The monoisotopic (exact) mass is 479 g/mol. The zero-order valence-electron chi connectivity index (χ0n) is 20.2. The highest BCUT2D eigenvalue weighted by atomic mass is 32.2. The Morgan fingerprint density at radius 3 is 2.50 bits per heavy atom. The van der Waals surface area contributed by atoms with E-state index in [2.05, 4.69) is 76.8 Å². The Labute approximate surface area is 206 Å². The van der Waals surface area contributed by atoms with Crippen molar-refractivity contribution in [2.24, 2.45) is 0 Å². The van der Waals surface area contributed by atoms with Gasteiger partial charge in [-0.1, -0.05) is 66.7 Å². The molecule has 1 amide bonds. The number of nitrogens with zero attached hydrogens (tertiary/aromatic N) is 5. The summed E-state index contributed by atoms with van der Waals surface area (Å²) >= 11 is 1.45. The molecule has 1 aliphatic heterocycles. The molecule has 3 aromatic rings. The van der Waals surface area contributed by atoms with Crippen LogP contribution in [0.5, 0.6) is 0 Å². The lowest BCUT2D eigenvalue weighted by molar-refractivity contribution is -0.129. The number of thioether (sulfide) groups is 1. The van der Waals surface area contributed by atoms with E-state index in [1.54, 1.807) is 0 Å². The van der Waals surface area contributed by atoms with Crippen LogP contribution in [0.1, 0.15) is 30.0 Å². The highest BCUT2D eigenvalue weighted by molar-refractivity contribution is 7.99. The predicted molar refractivity (Wildman–Crippen MR) is 137 cm³/mol. The number of morpholine rings is 1. The standard InChI is InChI=1S/C26H33N5O2S/c1-4-13-30(18-22-11-9-20(2)10-12-22)24(32)19-34-26-28-27-25(29-14-16-33-17-15-29)31(26)23-8-6-5-7-21(23)3/h5-12H,4,13-19H2,1-3H3. The normalized spacial score (nSPS) is 13.8. The van der Waals surface area contributed by atoms with Crippen LogP contribution in [0.25, 0.3) is 5.69 Å². The van der Waals surface area contributed by atoms with Gasteiger partial charge in [0.05, 0.1) is 24.7 Å². The largest absolute Gasteiger partial charge is 0.378 e. The number of hydrogen-bond donors (Lipinski definition) is 0. The van der Waals surface area contributed by atoms with Gasteiger partial charge in [0, 0.05) is 26.2 Å². The molecule has 0 N–H and O–H groups in total. The van der Waals surface area contributed by atoms with Crippen molar-refractivity contribution < 1.29 is 9.53 Å². The van der Waals surface area contributed by atoms with E-state index in [4.69, 9.17) is 4.74 Å². The molecule has 2 heterocycles. The Balaban J connectivity index is 1.54. The smallest absolute Gasteiger partial charge is 0.233 e. The lowest BCUT2D eigenvalue weighted by Crippen LogP contribution is -2.38. The van der Waals surface area contributed by atoms with Crippen LogP contribution in [0.15, 0.2) is 53.7 Å². The van der Waals surface area contributed by atoms with Gasteiger partial charge in [-0.3, -0.25) is 9.36 Å². The molecule has 0 spiro atoms. The van der Waals surface area contributed by atoms with Crippen LogP contribution < -0.4 is 4.90 Å². The summed E-state index contributed by atoms with van der Waals surface area (Å²) in [4.78, 5) is 17.4. The van der Waals surface area contributed by atoms with Crippen molar-refractivity contribution in [1.82, 2.24) is 19.7 Å². The van der Waals surface area contributed by atoms with Crippen molar-refractivity contribution >= 4 is 23.6 Å². The average molecular weight is 480 g/mol. The number of carbonyl (C=O) groups is 1. The minimum atomic E-state index is 0.111. The molecule has 1 aliphatic rings. The van der Waals surface area contributed by atoms with Crippen LogP contribution in [0.4, 0.5) is 5.95 Å². The van der Waals surface area contributed by atoms with Crippen LogP contribution in [-0.2, 0) is 16.1 Å². The summed E-state index contributed by atoms with van der Waals surface area (Å²) in [5.74, 6) is 1.23. The summed E-state index contributed by atoms with van der Waals surface area (Å²) in [6.07, 6.45) is 0.919. The molecule has 7 nitrogen and oxygen atoms in total. The van der Waals surface area contributed by atoms with Crippen LogP contribution in [0.3, 0.4) is 0 Å². The molecular weight excluding hydrogens is 446 g/mol. The van der Waals surface area contributed by atoms with Gasteiger partial charge in [0.2, 0.25) is 11.9 Å². The maximum Gasteiger partial charge on any atom is 0.233 e. The summed E-state index contributed by atoms with van der Waals surface area (Å²) in [7, 11) is 0. The molecule has 1 fully saturated rings. The van der Waals surface area contributed by atoms with Crippen LogP contribution in [0.2, 0.25) is 0 Å². The highest BCUT2D eigenvalue weighted by Gasteiger charge is 2.24. The van der Waals surface area contributed by atoms with E-state index in [-0.39, 0.29) is 5.91 Å². The first-order chi connectivity index (χ1) is 16.6. The minimum Gasteiger partial charge on any atom is -0.378 e. The number of anilines is 1. The number of rotatable bonds is 9. The van der Waals surface area contributed by atoms with Crippen LogP contribution >= 0.6 is 11.8 Å². The third kappa shape index (κ3) is 5.80. The van der Waals surface area contributed by atoms with Crippen molar-refractivity contribution in [2.75, 3.05) is 43.5 Å². The van der Waals surface area contributed by atoms with E-state index in [0.717, 1.165) is 54.0 Å². The SMILES string of the molecule is CCCN(Cc1ccc(C)cc1)C(=O)CSc1nnc(N2CCOCC2)n1-c1ccccc1C. The van der Waals surface area contributed by atoms with Gasteiger partial charge in [-0.2, -0.15) is 0 Å². The van der Waals surface area contributed by atoms with Gasteiger partial charge >= 0.3 is 0 Å². The van der Waals surface area contributed by atoms with Crippen molar-refractivity contribution in [3.63, 3.8) is 0 Å². The molecule has 180 valence electrons. The van der Waals surface area contributed by atoms with E-state index in [0.29, 0.717) is 25.5 Å². The second-order valence-corrected chi connectivity index (χ2v) is 9.54. The molecule has 2 aromatic carbocycles. The summed E-state index contributed by atoms with van der Waals surface area (Å²) < 4.78 is 7.61. The van der Waals surface area contributed by atoms with Gasteiger partial charge in [-0.05, 0) is 37.5 Å². The van der Waals surface area contributed by atoms with Crippen molar-refractivity contribution in [3.05, 3.63) is 65.2 Å². The average Bonchev–Trinajstić information content (AvgIpc) is 3.28. The number of aryl methyl sites for hydroxylation is 2. The number of benzene rings is 2. The third-order valence-corrected chi connectivity index (χ3v) is 6.85. The van der Waals surface area contributed by atoms with Crippen molar-refractivity contribution in [2.45, 2.75) is 38.9 Å². The van der Waals surface area contributed by atoms with E-state index in [1.165, 1.54) is 17.3 Å². The van der Waals surface area contributed by atoms with Gasteiger partial charge in [0.25, 0.3) is 0 Å². The van der Waals surface area contributed by atoms with Gasteiger partial charge in [-0.25, -0.2) is 0 Å². The van der Waals surface area contributed by atoms with Gasteiger partial charge in [0.1, 0.15) is 0 Å². The zero-order chi connectivity index (χ0) is 23.9. The number of ether oxygens (including phenoxy) is 1. The number of carbonyl (C=O) groups excluding carboxylic acids is 1. The summed E-state index contributed by atoms with van der Waals surface area (Å²) in [6, 6.07) is 16.6.